The van der Waals surface area contributed by atoms with Gasteiger partial charge in [0.25, 0.3) is 0 Å². The molecule has 1 unspecified atom stereocenters. The van der Waals surface area contributed by atoms with Crippen LogP contribution in [0.3, 0.4) is 0 Å². The van der Waals surface area contributed by atoms with Crippen molar-refractivity contribution in [2.45, 2.75) is 32.4 Å². The Hall–Kier alpha value is -1.43. The van der Waals surface area contributed by atoms with E-state index in [1.165, 1.54) is 0 Å². The molecule has 1 atom stereocenters. The van der Waals surface area contributed by atoms with Gasteiger partial charge in [0.15, 0.2) is 0 Å². The number of amides is 1. The number of aromatic nitrogens is 3. The van der Waals surface area contributed by atoms with Crippen molar-refractivity contribution in [1.82, 2.24) is 20.3 Å². The van der Waals surface area contributed by atoms with Crippen LogP contribution in [0.5, 0.6) is 0 Å². The lowest BCUT2D eigenvalue weighted by Crippen LogP contribution is -2.41. The smallest absolute Gasteiger partial charge is 0.236 e. The van der Waals surface area contributed by atoms with Gasteiger partial charge in [-0.1, -0.05) is 18.6 Å². The first-order chi connectivity index (χ1) is 7.24. The van der Waals surface area contributed by atoms with E-state index in [0.717, 1.165) is 12.8 Å². The third-order valence-electron chi connectivity index (χ3n) is 2.05. The number of nitrogens with one attached hydrogen (secondary N) is 1. The van der Waals surface area contributed by atoms with Crippen LogP contribution >= 0.6 is 0 Å². The van der Waals surface area contributed by atoms with Crippen LogP contribution in [0, 0.1) is 0 Å². The molecule has 6 nitrogen and oxygen atoms in total. The van der Waals surface area contributed by atoms with E-state index in [9.17, 15) is 4.79 Å². The van der Waals surface area contributed by atoms with Crippen LogP contribution in [0.1, 0.15) is 19.8 Å². The van der Waals surface area contributed by atoms with Crippen molar-refractivity contribution in [3.05, 3.63) is 12.4 Å². The summed E-state index contributed by atoms with van der Waals surface area (Å²) in [7, 11) is 0. The second-order valence-electron chi connectivity index (χ2n) is 3.35. The molecule has 1 rings (SSSR count). The molecule has 84 valence electrons. The summed E-state index contributed by atoms with van der Waals surface area (Å²) in [5.41, 5.74) is 5.64. The molecule has 0 bridgehead atoms. The highest BCUT2D eigenvalue weighted by molar-refractivity contribution is 5.81. The molecule has 0 aliphatic carbocycles. The first-order valence-corrected chi connectivity index (χ1v) is 5.11. The molecule has 0 aliphatic rings. The van der Waals surface area contributed by atoms with E-state index in [1.807, 2.05) is 6.92 Å². The number of nitrogens with zero attached hydrogens (tertiary/aromatic N) is 3. The van der Waals surface area contributed by atoms with Crippen molar-refractivity contribution in [3.8, 4) is 0 Å². The minimum absolute atomic E-state index is 0.100. The van der Waals surface area contributed by atoms with E-state index in [4.69, 9.17) is 5.73 Å². The average molecular weight is 211 g/mol. The molecule has 1 aromatic heterocycles. The zero-order valence-corrected chi connectivity index (χ0v) is 8.89. The maximum atomic E-state index is 11.4. The van der Waals surface area contributed by atoms with Crippen LogP contribution < -0.4 is 11.1 Å². The molecule has 0 spiro atoms. The van der Waals surface area contributed by atoms with Gasteiger partial charge in [-0.05, 0) is 6.42 Å². The molecule has 0 saturated carbocycles. The average Bonchev–Trinajstić information content (AvgIpc) is 2.71. The zero-order chi connectivity index (χ0) is 11.1. The van der Waals surface area contributed by atoms with Crippen LogP contribution in [-0.2, 0) is 11.3 Å². The lowest BCUT2D eigenvalue weighted by Gasteiger charge is -2.10. The first-order valence-electron chi connectivity index (χ1n) is 5.11. The molecule has 1 aromatic rings. The maximum Gasteiger partial charge on any atom is 0.236 e. The number of rotatable bonds is 6. The largest absolute Gasteiger partial charge is 0.353 e. The highest BCUT2D eigenvalue weighted by Crippen LogP contribution is 1.92. The SMILES string of the molecule is CCCC(N)C(=O)NCCn1ccnn1. The normalized spacial score (nSPS) is 12.4. The van der Waals surface area contributed by atoms with Gasteiger partial charge < -0.3 is 11.1 Å². The van der Waals surface area contributed by atoms with Gasteiger partial charge in [-0.2, -0.15) is 0 Å². The van der Waals surface area contributed by atoms with Crippen molar-refractivity contribution in [1.29, 1.82) is 0 Å². The Morgan fingerprint density at radius 3 is 3.07 bits per heavy atom. The van der Waals surface area contributed by atoms with E-state index in [1.54, 1.807) is 17.1 Å². The van der Waals surface area contributed by atoms with Gasteiger partial charge >= 0.3 is 0 Å². The fraction of sp³-hybridized carbons (Fsp3) is 0.667. The molecule has 0 aromatic carbocycles. The predicted molar refractivity (Wildman–Crippen MR) is 55.9 cm³/mol. The third kappa shape index (κ3) is 4.07. The monoisotopic (exact) mass is 211 g/mol. The van der Waals surface area contributed by atoms with Gasteiger partial charge in [-0.15, -0.1) is 5.10 Å². The molecule has 1 amide bonds. The molecule has 6 heteroatoms. The van der Waals surface area contributed by atoms with Crippen molar-refractivity contribution < 1.29 is 4.79 Å². The van der Waals surface area contributed by atoms with E-state index in [2.05, 4.69) is 15.6 Å². The van der Waals surface area contributed by atoms with Gasteiger partial charge in [-0.3, -0.25) is 9.48 Å². The molecular weight excluding hydrogens is 194 g/mol. The Balaban J connectivity index is 2.17. The highest BCUT2D eigenvalue weighted by Gasteiger charge is 2.10. The van der Waals surface area contributed by atoms with Crippen molar-refractivity contribution in [2.75, 3.05) is 6.54 Å². The van der Waals surface area contributed by atoms with Gasteiger partial charge in [0.2, 0.25) is 5.91 Å². The Kier molecular flexibility index (Phi) is 4.76. The Labute approximate surface area is 88.8 Å². The summed E-state index contributed by atoms with van der Waals surface area (Å²) >= 11 is 0. The topological polar surface area (TPSA) is 85.8 Å². The molecule has 15 heavy (non-hydrogen) atoms. The van der Waals surface area contributed by atoms with Crippen molar-refractivity contribution in [3.63, 3.8) is 0 Å². The van der Waals surface area contributed by atoms with Crippen LogP contribution in [0.15, 0.2) is 12.4 Å². The summed E-state index contributed by atoms with van der Waals surface area (Å²) < 4.78 is 1.66. The molecule has 0 radical (unpaired) electrons. The fourth-order valence-electron chi connectivity index (χ4n) is 1.22. The van der Waals surface area contributed by atoms with E-state index in [-0.39, 0.29) is 5.91 Å². The summed E-state index contributed by atoms with van der Waals surface area (Å²) in [5, 5.41) is 10.2. The zero-order valence-electron chi connectivity index (χ0n) is 8.89. The molecule has 0 saturated heterocycles. The van der Waals surface area contributed by atoms with Crippen LogP contribution in [0.2, 0.25) is 0 Å². The molecule has 0 fully saturated rings. The highest BCUT2D eigenvalue weighted by atomic mass is 16.2. The number of hydrogen-bond donors (Lipinski definition) is 2. The number of nitrogens with two attached hydrogens (primary N) is 1. The quantitative estimate of drug-likeness (QED) is 0.665. The summed E-state index contributed by atoms with van der Waals surface area (Å²) in [6.07, 6.45) is 4.98. The molecule has 0 aliphatic heterocycles. The molecule has 3 N–H and O–H groups in total. The lowest BCUT2D eigenvalue weighted by molar-refractivity contribution is -0.122. The third-order valence-corrected chi connectivity index (χ3v) is 2.05. The Morgan fingerprint density at radius 1 is 1.67 bits per heavy atom. The minimum atomic E-state index is -0.397. The van der Waals surface area contributed by atoms with Crippen molar-refractivity contribution in [2.24, 2.45) is 5.73 Å². The van der Waals surface area contributed by atoms with Crippen LogP contribution in [-0.4, -0.2) is 33.5 Å². The second kappa shape index (κ2) is 6.13. The van der Waals surface area contributed by atoms with Gasteiger partial charge in [0.1, 0.15) is 0 Å². The van der Waals surface area contributed by atoms with Gasteiger partial charge in [-0.25, -0.2) is 0 Å². The minimum Gasteiger partial charge on any atom is -0.353 e. The van der Waals surface area contributed by atoms with Crippen LogP contribution in [0.4, 0.5) is 0 Å². The summed E-state index contributed by atoms with van der Waals surface area (Å²) in [6.45, 7) is 3.15. The van der Waals surface area contributed by atoms with E-state index >= 15 is 0 Å². The summed E-state index contributed by atoms with van der Waals surface area (Å²) in [6, 6.07) is -0.397. The summed E-state index contributed by atoms with van der Waals surface area (Å²) in [5.74, 6) is -0.100. The van der Waals surface area contributed by atoms with Crippen molar-refractivity contribution >= 4 is 5.91 Å². The number of carbonyl (C=O) groups excluding carboxylic acids is 1. The number of hydrogen-bond acceptors (Lipinski definition) is 4. The number of carbonyl (C=O) groups is 1. The first kappa shape index (κ1) is 11.6. The second-order valence-corrected chi connectivity index (χ2v) is 3.35. The molecule has 1 heterocycles. The summed E-state index contributed by atoms with van der Waals surface area (Å²) in [4.78, 5) is 11.4. The van der Waals surface area contributed by atoms with E-state index < -0.39 is 6.04 Å². The van der Waals surface area contributed by atoms with Gasteiger partial charge in [0, 0.05) is 12.7 Å². The predicted octanol–water partition coefficient (Wildman–Crippen LogP) is -0.478. The van der Waals surface area contributed by atoms with Crippen LogP contribution in [0.25, 0.3) is 0 Å². The molecular formula is C9H17N5O. The van der Waals surface area contributed by atoms with E-state index in [0.29, 0.717) is 13.1 Å². The standard InChI is InChI=1S/C9H17N5O/c1-2-3-8(10)9(15)11-4-6-14-7-5-12-13-14/h5,7-8H,2-4,6,10H2,1H3,(H,11,15). The van der Waals surface area contributed by atoms with Gasteiger partial charge in [0.05, 0.1) is 18.8 Å². The lowest BCUT2D eigenvalue weighted by atomic mass is 10.2. The fourth-order valence-corrected chi connectivity index (χ4v) is 1.22. The maximum absolute atomic E-state index is 11.4. The Morgan fingerprint density at radius 2 is 2.47 bits per heavy atom. The Bertz CT molecular complexity index is 285.